The fourth-order valence-electron chi connectivity index (χ4n) is 1.42. The lowest BCUT2D eigenvalue weighted by atomic mass is 10.2. The van der Waals surface area contributed by atoms with Crippen LogP contribution in [0.3, 0.4) is 0 Å². The summed E-state index contributed by atoms with van der Waals surface area (Å²) in [5, 5.41) is 3.83. The maximum atomic E-state index is 12.1. The lowest BCUT2D eigenvalue weighted by Crippen LogP contribution is -2.12. The van der Waals surface area contributed by atoms with Crippen molar-refractivity contribution in [1.29, 1.82) is 0 Å². The first-order valence-corrected chi connectivity index (χ1v) is 8.10. The summed E-state index contributed by atoms with van der Waals surface area (Å²) in [6.07, 6.45) is 0. The van der Waals surface area contributed by atoms with Crippen molar-refractivity contribution in [1.82, 2.24) is 0 Å². The van der Waals surface area contributed by atoms with Gasteiger partial charge < -0.3 is 5.32 Å². The quantitative estimate of drug-likeness (QED) is 0.527. The smallest absolute Gasteiger partial charge is 0.255 e. The first-order chi connectivity index (χ1) is 8.97. The van der Waals surface area contributed by atoms with Gasteiger partial charge in [0.2, 0.25) is 0 Å². The van der Waals surface area contributed by atoms with E-state index in [2.05, 4.69) is 50.5 Å². The Kier molecular flexibility index (Phi) is 5.33. The van der Waals surface area contributed by atoms with E-state index in [9.17, 15) is 4.79 Å². The van der Waals surface area contributed by atoms with E-state index in [0.717, 1.165) is 7.14 Å². The highest BCUT2D eigenvalue weighted by atomic mass is 127. The van der Waals surface area contributed by atoms with Crippen LogP contribution in [0.2, 0.25) is 10.0 Å². The number of hydrogen-bond donors (Lipinski definition) is 1. The third-order valence-corrected chi connectivity index (χ3v) is 4.92. The third kappa shape index (κ3) is 3.96. The number of carbonyl (C=O) groups excluding carboxylic acids is 1. The summed E-state index contributed by atoms with van der Waals surface area (Å²) in [5.41, 5.74) is 1.08. The molecular formula is C13H7Cl2I2NO. The fraction of sp³-hybridized carbons (Fsp3) is 0. The predicted octanol–water partition coefficient (Wildman–Crippen LogP) is 5.45. The highest BCUT2D eigenvalue weighted by Gasteiger charge is 2.10. The number of halogens is 4. The van der Waals surface area contributed by atoms with Gasteiger partial charge in [0.1, 0.15) is 0 Å². The lowest BCUT2D eigenvalue weighted by Gasteiger charge is -2.08. The monoisotopic (exact) mass is 517 g/mol. The number of hydrogen-bond acceptors (Lipinski definition) is 1. The summed E-state index contributed by atoms with van der Waals surface area (Å²) in [6.45, 7) is 0. The molecule has 0 fully saturated rings. The summed E-state index contributed by atoms with van der Waals surface area (Å²) >= 11 is 16.3. The Morgan fingerprint density at radius 2 is 1.74 bits per heavy atom. The molecular weight excluding hydrogens is 511 g/mol. The molecule has 0 saturated heterocycles. The van der Waals surface area contributed by atoms with Gasteiger partial charge in [-0.25, -0.2) is 0 Å². The van der Waals surface area contributed by atoms with Crippen molar-refractivity contribution in [2.45, 2.75) is 0 Å². The van der Waals surface area contributed by atoms with Crippen molar-refractivity contribution in [2.75, 3.05) is 5.32 Å². The Balaban J connectivity index is 2.23. The van der Waals surface area contributed by atoms with Gasteiger partial charge in [-0.15, -0.1) is 0 Å². The zero-order valence-electron chi connectivity index (χ0n) is 9.38. The summed E-state index contributed by atoms with van der Waals surface area (Å²) in [5.74, 6) is -0.235. The summed E-state index contributed by atoms with van der Waals surface area (Å²) in [6, 6.07) is 10.6. The summed E-state index contributed by atoms with van der Waals surface area (Å²) in [4.78, 5) is 12.1. The van der Waals surface area contributed by atoms with Gasteiger partial charge in [0, 0.05) is 12.7 Å². The maximum Gasteiger partial charge on any atom is 0.255 e. The molecule has 1 amide bonds. The molecule has 0 spiro atoms. The van der Waals surface area contributed by atoms with Crippen LogP contribution in [0.4, 0.5) is 5.69 Å². The van der Waals surface area contributed by atoms with E-state index in [1.165, 1.54) is 0 Å². The SMILES string of the molecule is O=C(Nc1ccc(I)cc1Cl)c1ccc(I)c(Cl)c1. The standard InChI is InChI=1S/C13H7Cl2I2NO/c14-9-5-7(1-3-11(9)17)13(19)18-12-4-2-8(16)6-10(12)15/h1-6H,(H,18,19). The number of anilines is 1. The maximum absolute atomic E-state index is 12.1. The molecule has 0 radical (unpaired) electrons. The van der Waals surface area contributed by atoms with Crippen LogP contribution in [0.15, 0.2) is 36.4 Å². The number of benzene rings is 2. The lowest BCUT2D eigenvalue weighted by molar-refractivity contribution is 0.102. The van der Waals surface area contributed by atoms with Gasteiger partial charge in [0.15, 0.2) is 0 Å². The Hall–Kier alpha value is -0.0500. The average molecular weight is 518 g/mol. The molecule has 2 nitrogen and oxygen atoms in total. The van der Waals surface area contributed by atoms with Crippen molar-refractivity contribution in [3.8, 4) is 0 Å². The van der Waals surface area contributed by atoms with Crippen LogP contribution in [-0.4, -0.2) is 5.91 Å². The summed E-state index contributed by atoms with van der Waals surface area (Å²) < 4.78 is 1.92. The van der Waals surface area contributed by atoms with E-state index in [-0.39, 0.29) is 5.91 Å². The highest BCUT2D eigenvalue weighted by molar-refractivity contribution is 14.1. The van der Waals surface area contributed by atoms with Gasteiger partial charge in [-0.3, -0.25) is 4.79 Å². The third-order valence-electron chi connectivity index (χ3n) is 2.36. The molecule has 0 unspecified atom stereocenters. The number of nitrogens with one attached hydrogen (secondary N) is 1. The minimum atomic E-state index is -0.235. The second-order valence-electron chi connectivity index (χ2n) is 3.71. The average Bonchev–Trinajstić information content (AvgIpc) is 2.36. The number of amides is 1. The van der Waals surface area contributed by atoms with Crippen molar-refractivity contribution >= 4 is 80.0 Å². The van der Waals surface area contributed by atoms with Crippen molar-refractivity contribution in [3.63, 3.8) is 0 Å². The molecule has 1 N–H and O–H groups in total. The van der Waals surface area contributed by atoms with Crippen LogP contribution in [0.5, 0.6) is 0 Å². The number of rotatable bonds is 2. The molecule has 98 valence electrons. The van der Waals surface area contributed by atoms with Crippen LogP contribution < -0.4 is 5.32 Å². The van der Waals surface area contributed by atoms with Crippen LogP contribution in [0.1, 0.15) is 10.4 Å². The van der Waals surface area contributed by atoms with E-state index in [1.807, 2.05) is 6.07 Å². The molecule has 2 aromatic rings. The van der Waals surface area contributed by atoms with Crippen LogP contribution in [-0.2, 0) is 0 Å². The molecule has 0 aliphatic heterocycles. The van der Waals surface area contributed by atoms with Gasteiger partial charge in [-0.2, -0.15) is 0 Å². The topological polar surface area (TPSA) is 29.1 Å². The largest absolute Gasteiger partial charge is 0.321 e. The van der Waals surface area contributed by atoms with E-state index >= 15 is 0 Å². The van der Waals surface area contributed by atoms with Crippen LogP contribution in [0, 0.1) is 7.14 Å². The molecule has 19 heavy (non-hydrogen) atoms. The minimum absolute atomic E-state index is 0.235. The van der Waals surface area contributed by atoms with E-state index in [0.29, 0.717) is 21.3 Å². The molecule has 0 aliphatic rings. The predicted molar refractivity (Wildman–Crippen MR) is 96.3 cm³/mol. The van der Waals surface area contributed by atoms with Crippen molar-refractivity contribution < 1.29 is 4.79 Å². The molecule has 2 aromatic carbocycles. The second-order valence-corrected chi connectivity index (χ2v) is 6.93. The zero-order chi connectivity index (χ0) is 14.0. The van der Waals surface area contributed by atoms with E-state index in [4.69, 9.17) is 23.2 Å². The molecule has 2 rings (SSSR count). The minimum Gasteiger partial charge on any atom is -0.321 e. The Morgan fingerprint density at radius 1 is 1.00 bits per heavy atom. The zero-order valence-corrected chi connectivity index (χ0v) is 15.2. The molecule has 0 saturated carbocycles. The molecule has 6 heteroatoms. The molecule has 0 bridgehead atoms. The van der Waals surface area contributed by atoms with E-state index in [1.54, 1.807) is 30.3 Å². The van der Waals surface area contributed by atoms with E-state index < -0.39 is 0 Å². The van der Waals surface area contributed by atoms with Gasteiger partial charge in [-0.1, -0.05) is 23.2 Å². The highest BCUT2D eigenvalue weighted by Crippen LogP contribution is 2.25. The molecule has 0 aliphatic carbocycles. The van der Waals surface area contributed by atoms with Gasteiger partial charge in [0.05, 0.1) is 15.7 Å². The Morgan fingerprint density at radius 3 is 2.37 bits per heavy atom. The van der Waals surface area contributed by atoms with Gasteiger partial charge in [-0.05, 0) is 81.6 Å². The number of carbonyl (C=O) groups is 1. The first kappa shape index (κ1) is 15.3. The summed E-state index contributed by atoms with van der Waals surface area (Å²) in [7, 11) is 0. The molecule has 0 aromatic heterocycles. The fourth-order valence-corrected chi connectivity index (χ4v) is 2.84. The van der Waals surface area contributed by atoms with Gasteiger partial charge >= 0.3 is 0 Å². The van der Waals surface area contributed by atoms with Gasteiger partial charge in [0.25, 0.3) is 5.91 Å². The van der Waals surface area contributed by atoms with Crippen LogP contribution in [0.25, 0.3) is 0 Å². The van der Waals surface area contributed by atoms with Crippen molar-refractivity contribution in [2.24, 2.45) is 0 Å². The second kappa shape index (κ2) is 6.60. The molecule has 0 atom stereocenters. The first-order valence-electron chi connectivity index (χ1n) is 5.19. The normalized spacial score (nSPS) is 10.3. The Labute approximate surface area is 148 Å². The van der Waals surface area contributed by atoms with Crippen LogP contribution >= 0.6 is 68.4 Å². The molecule has 0 heterocycles. The van der Waals surface area contributed by atoms with Crippen molar-refractivity contribution in [3.05, 3.63) is 59.1 Å². The Bertz CT molecular complexity index is 647.